The van der Waals surface area contributed by atoms with E-state index in [0.29, 0.717) is 23.2 Å². The number of cyclic esters (lactones) is 1. The number of hydrogen-bond donors (Lipinski definition) is 3. The number of aromatic nitrogens is 3. The molecule has 3 aromatic rings. The number of esters is 1. The van der Waals surface area contributed by atoms with Crippen LogP contribution in [-0.4, -0.2) is 65.1 Å². The molecule has 0 aromatic carbocycles. The highest BCUT2D eigenvalue weighted by Crippen LogP contribution is 2.41. The number of carbonyl (C=O) groups excluding carboxylic acids is 2. The Morgan fingerprint density at radius 3 is 2.65 bits per heavy atom. The van der Waals surface area contributed by atoms with Gasteiger partial charge in [0.2, 0.25) is 11.8 Å². The Morgan fingerprint density at radius 2 is 1.98 bits per heavy atom. The maximum absolute atomic E-state index is 13.4. The summed E-state index contributed by atoms with van der Waals surface area (Å²) >= 11 is 0.798. The number of thiazole rings is 1. The first-order chi connectivity index (χ1) is 19.2. The molecule has 0 atom stereocenters. The molecule has 5 heterocycles. The quantitative estimate of drug-likeness (QED) is 0.361. The Bertz CT molecular complexity index is 1450. The van der Waals surface area contributed by atoms with Crippen molar-refractivity contribution < 1.29 is 32.2 Å². The largest absolute Gasteiger partial charge is 0.474 e. The van der Waals surface area contributed by atoms with E-state index >= 15 is 0 Å². The molecule has 0 aliphatic carbocycles. The van der Waals surface area contributed by atoms with Crippen LogP contribution in [0.5, 0.6) is 5.88 Å². The third-order valence-corrected chi connectivity index (χ3v) is 6.90. The fourth-order valence-electron chi connectivity index (χ4n) is 4.15. The molecule has 2 aliphatic rings. The monoisotopic (exact) mass is 575 g/mol. The average Bonchev–Trinajstić information content (AvgIpc) is 3.60. The van der Waals surface area contributed by atoms with Crippen LogP contribution in [0.2, 0.25) is 0 Å². The van der Waals surface area contributed by atoms with Gasteiger partial charge in [0.1, 0.15) is 23.5 Å². The zero-order chi connectivity index (χ0) is 28.3. The Kier molecular flexibility index (Phi) is 7.93. The average molecular weight is 576 g/mol. The summed E-state index contributed by atoms with van der Waals surface area (Å²) in [6.45, 7) is 3.49. The standard InChI is InChI=1S/C25H24F3N7O4S/c1-2-30-24(37)35-19-8-16(23-34-18(12-40-23)25(26,27)28)17(10-31-19)15-7-13(21-33-11-20(36)39-21)9-32-22(15)38-14-3-5-29-6-4-14/h7-10,12,14,29H,2-6,11H2,1H3,(H2,30,31,35,37). The Balaban J connectivity index is 1.63. The minimum absolute atomic E-state index is 0.0477. The van der Waals surface area contributed by atoms with Gasteiger partial charge in [-0.05, 0) is 45.0 Å². The van der Waals surface area contributed by atoms with Crippen molar-refractivity contribution >= 4 is 35.1 Å². The lowest BCUT2D eigenvalue weighted by Gasteiger charge is -2.24. The molecule has 2 aliphatic heterocycles. The molecule has 3 N–H and O–H groups in total. The summed E-state index contributed by atoms with van der Waals surface area (Å²) in [6, 6.07) is 2.55. The molecule has 5 rings (SSSR count). The number of urea groups is 1. The highest BCUT2D eigenvalue weighted by atomic mass is 32.1. The first-order valence-electron chi connectivity index (χ1n) is 12.4. The molecule has 11 nitrogen and oxygen atoms in total. The number of hydrogen-bond acceptors (Lipinski definition) is 10. The minimum Gasteiger partial charge on any atom is -0.474 e. The van der Waals surface area contributed by atoms with E-state index < -0.39 is 23.9 Å². The first-order valence-corrected chi connectivity index (χ1v) is 13.3. The maximum atomic E-state index is 13.4. The van der Waals surface area contributed by atoms with Gasteiger partial charge in [-0.3, -0.25) is 5.32 Å². The number of alkyl halides is 3. The Morgan fingerprint density at radius 1 is 1.18 bits per heavy atom. The van der Waals surface area contributed by atoms with E-state index in [1.165, 1.54) is 18.5 Å². The summed E-state index contributed by atoms with van der Waals surface area (Å²) in [6.07, 6.45) is -0.458. The van der Waals surface area contributed by atoms with Gasteiger partial charge in [0.05, 0.1) is 5.56 Å². The Hall–Kier alpha value is -4.11. The lowest BCUT2D eigenvalue weighted by Crippen LogP contribution is -2.34. The summed E-state index contributed by atoms with van der Waals surface area (Å²) in [5.41, 5.74) is 0.342. The molecule has 3 aromatic heterocycles. The SMILES string of the molecule is CCNC(=O)Nc1cc(-c2nc(C(F)(F)F)cs2)c(-c2cc(C3=NCC(=O)O3)cnc2OC2CCNCC2)cn1. The van der Waals surface area contributed by atoms with Crippen molar-refractivity contribution in [3.63, 3.8) is 0 Å². The Labute approximate surface area is 230 Å². The van der Waals surface area contributed by atoms with Crippen LogP contribution in [-0.2, 0) is 15.7 Å². The van der Waals surface area contributed by atoms with Gasteiger partial charge in [0, 0.05) is 41.0 Å². The number of aliphatic imine (C=N–C) groups is 1. The van der Waals surface area contributed by atoms with E-state index in [-0.39, 0.29) is 40.8 Å². The smallest absolute Gasteiger partial charge is 0.434 e. The van der Waals surface area contributed by atoms with Crippen LogP contribution in [0.15, 0.2) is 34.9 Å². The lowest BCUT2D eigenvalue weighted by molar-refractivity contribution is -0.140. The van der Waals surface area contributed by atoms with Crippen molar-refractivity contribution in [2.24, 2.45) is 4.99 Å². The van der Waals surface area contributed by atoms with E-state index in [0.717, 1.165) is 42.6 Å². The first kappa shape index (κ1) is 27.5. The van der Waals surface area contributed by atoms with Gasteiger partial charge in [-0.25, -0.2) is 29.5 Å². The third kappa shape index (κ3) is 6.20. The fourth-order valence-corrected chi connectivity index (χ4v) is 5.01. The molecule has 0 bridgehead atoms. The number of anilines is 1. The second-order valence-corrected chi connectivity index (χ2v) is 9.73. The van der Waals surface area contributed by atoms with Crippen LogP contribution in [0.25, 0.3) is 21.7 Å². The minimum atomic E-state index is -4.64. The molecule has 0 saturated carbocycles. The number of piperidine rings is 1. The molecule has 1 fully saturated rings. The summed E-state index contributed by atoms with van der Waals surface area (Å²) in [4.78, 5) is 40.5. The molecule has 40 heavy (non-hydrogen) atoms. The predicted octanol–water partition coefficient (Wildman–Crippen LogP) is 3.86. The molecule has 0 spiro atoms. The normalized spacial score (nSPS) is 15.9. The van der Waals surface area contributed by atoms with Crippen LogP contribution in [0.4, 0.5) is 23.8 Å². The highest BCUT2D eigenvalue weighted by Gasteiger charge is 2.34. The molecule has 0 radical (unpaired) electrons. The van der Waals surface area contributed by atoms with Crippen LogP contribution in [0.1, 0.15) is 31.0 Å². The number of carbonyl (C=O) groups is 2. The van der Waals surface area contributed by atoms with Gasteiger partial charge in [0.15, 0.2) is 5.69 Å². The zero-order valence-corrected chi connectivity index (χ0v) is 22.0. The van der Waals surface area contributed by atoms with Gasteiger partial charge in [0.25, 0.3) is 0 Å². The molecule has 2 amide bonds. The third-order valence-electron chi connectivity index (χ3n) is 6.02. The number of pyridine rings is 2. The van der Waals surface area contributed by atoms with Crippen LogP contribution in [0, 0.1) is 0 Å². The van der Waals surface area contributed by atoms with E-state index in [9.17, 15) is 22.8 Å². The second kappa shape index (κ2) is 11.6. The molecule has 210 valence electrons. The van der Waals surface area contributed by atoms with Gasteiger partial charge >= 0.3 is 18.2 Å². The van der Waals surface area contributed by atoms with Crippen LogP contribution < -0.4 is 20.7 Å². The fraction of sp³-hybridized carbons (Fsp3) is 0.360. The van der Waals surface area contributed by atoms with Crippen molar-refractivity contribution in [2.75, 3.05) is 31.5 Å². The zero-order valence-electron chi connectivity index (χ0n) is 21.2. The van der Waals surface area contributed by atoms with Crippen molar-refractivity contribution in [1.29, 1.82) is 0 Å². The summed E-state index contributed by atoms with van der Waals surface area (Å²) < 4.78 is 51.7. The summed E-state index contributed by atoms with van der Waals surface area (Å²) in [5.74, 6) is -0.116. The second-order valence-electron chi connectivity index (χ2n) is 8.87. The number of nitrogens with one attached hydrogen (secondary N) is 3. The van der Waals surface area contributed by atoms with Crippen molar-refractivity contribution in [3.05, 3.63) is 41.2 Å². The van der Waals surface area contributed by atoms with E-state index in [2.05, 4.69) is 35.9 Å². The van der Waals surface area contributed by atoms with E-state index in [1.54, 1.807) is 13.0 Å². The molecular weight excluding hydrogens is 551 g/mol. The van der Waals surface area contributed by atoms with E-state index in [1.807, 2.05) is 0 Å². The molecular formula is C25H24F3N7O4S. The predicted molar refractivity (Wildman–Crippen MR) is 140 cm³/mol. The summed E-state index contributed by atoms with van der Waals surface area (Å²) in [7, 11) is 0. The number of ether oxygens (including phenoxy) is 2. The topological polar surface area (TPSA) is 140 Å². The number of halogens is 3. The number of nitrogens with zero attached hydrogens (tertiary/aromatic N) is 4. The van der Waals surface area contributed by atoms with Gasteiger partial charge in [-0.2, -0.15) is 13.2 Å². The van der Waals surface area contributed by atoms with E-state index in [4.69, 9.17) is 9.47 Å². The highest BCUT2D eigenvalue weighted by molar-refractivity contribution is 7.13. The van der Waals surface area contributed by atoms with Crippen LogP contribution in [0.3, 0.4) is 0 Å². The maximum Gasteiger partial charge on any atom is 0.434 e. The summed E-state index contributed by atoms with van der Waals surface area (Å²) in [5, 5.41) is 9.38. The van der Waals surface area contributed by atoms with Crippen molar-refractivity contribution in [1.82, 2.24) is 25.6 Å². The molecule has 0 unspecified atom stereocenters. The van der Waals surface area contributed by atoms with Crippen molar-refractivity contribution in [3.8, 4) is 27.6 Å². The molecule has 1 saturated heterocycles. The number of rotatable bonds is 7. The molecule has 15 heteroatoms. The number of amides is 2. The van der Waals surface area contributed by atoms with Gasteiger partial charge < -0.3 is 20.1 Å². The lowest BCUT2D eigenvalue weighted by atomic mass is 10.0. The van der Waals surface area contributed by atoms with Crippen molar-refractivity contribution in [2.45, 2.75) is 32.0 Å². The van der Waals surface area contributed by atoms with Gasteiger partial charge in [-0.1, -0.05) is 0 Å². The van der Waals surface area contributed by atoms with Crippen LogP contribution >= 0.6 is 11.3 Å². The van der Waals surface area contributed by atoms with Gasteiger partial charge in [-0.15, -0.1) is 11.3 Å².